The van der Waals surface area contributed by atoms with E-state index in [0.717, 1.165) is 11.6 Å². The Labute approximate surface area is 121 Å². The molecule has 0 aromatic carbocycles. The van der Waals surface area contributed by atoms with Crippen LogP contribution in [0.3, 0.4) is 0 Å². The largest absolute Gasteiger partial charge is 0.286 e. The number of hydrogen-bond donors (Lipinski definition) is 0. The Morgan fingerprint density at radius 2 is 2.20 bits per heavy atom. The van der Waals surface area contributed by atoms with Crippen molar-refractivity contribution in [3.8, 4) is 0 Å². The lowest BCUT2D eigenvalue weighted by molar-refractivity contribution is 0.334. The van der Waals surface area contributed by atoms with E-state index in [1.165, 1.54) is 49.8 Å². The number of rotatable bonds is 2. The molecule has 20 heavy (non-hydrogen) atoms. The first-order chi connectivity index (χ1) is 9.64. The topological polar surface area (TPSA) is 30.2 Å². The zero-order valence-electron chi connectivity index (χ0n) is 12.9. The standard InChI is InChI=1S/C17H25N3/c1-4-14-7-5-6-10-17(3,11-14)15-9-8-13(2)20-12-18-19-16(15)20/h8-9,12,14H,4-7,10-11H2,1-3H3. The molecule has 2 aromatic rings. The Morgan fingerprint density at radius 1 is 1.35 bits per heavy atom. The number of pyridine rings is 1. The van der Waals surface area contributed by atoms with Crippen molar-refractivity contribution in [2.45, 2.75) is 64.7 Å². The molecule has 1 fully saturated rings. The molecule has 2 heterocycles. The van der Waals surface area contributed by atoms with Gasteiger partial charge in [-0.3, -0.25) is 4.40 Å². The molecular formula is C17H25N3. The molecule has 0 bridgehead atoms. The van der Waals surface area contributed by atoms with E-state index in [-0.39, 0.29) is 5.41 Å². The maximum atomic E-state index is 4.39. The van der Waals surface area contributed by atoms with Gasteiger partial charge in [-0.1, -0.05) is 45.6 Å². The van der Waals surface area contributed by atoms with Crippen LogP contribution >= 0.6 is 0 Å². The number of nitrogens with zero attached hydrogens (tertiary/aromatic N) is 3. The smallest absolute Gasteiger partial charge is 0.164 e. The van der Waals surface area contributed by atoms with E-state index in [0.29, 0.717) is 0 Å². The molecule has 0 amide bonds. The van der Waals surface area contributed by atoms with Crippen molar-refractivity contribution in [2.75, 3.05) is 0 Å². The molecule has 2 aromatic heterocycles. The highest BCUT2D eigenvalue weighted by Crippen LogP contribution is 2.42. The van der Waals surface area contributed by atoms with E-state index in [1.54, 1.807) is 0 Å². The quantitative estimate of drug-likeness (QED) is 0.763. The Bertz CT molecular complexity index is 601. The van der Waals surface area contributed by atoms with Gasteiger partial charge >= 0.3 is 0 Å². The average molecular weight is 271 g/mol. The maximum Gasteiger partial charge on any atom is 0.164 e. The second kappa shape index (κ2) is 5.19. The van der Waals surface area contributed by atoms with Crippen LogP contribution in [0.2, 0.25) is 0 Å². The van der Waals surface area contributed by atoms with Crippen LogP contribution < -0.4 is 0 Å². The maximum absolute atomic E-state index is 4.39. The van der Waals surface area contributed by atoms with E-state index in [4.69, 9.17) is 0 Å². The molecule has 0 aliphatic heterocycles. The molecule has 108 valence electrons. The lowest BCUT2D eigenvalue weighted by atomic mass is 9.73. The van der Waals surface area contributed by atoms with Crippen LogP contribution in [0.25, 0.3) is 5.65 Å². The van der Waals surface area contributed by atoms with Gasteiger partial charge in [0, 0.05) is 11.3 Å². The number of aromatic nitrogens is 3. The minimum Gasteiger partial charge on any atom is -0.286 e. The fraction of sp³-hybridized carbons (Fsp3) is 0.647. The van der Waals surface area contributed by atoms with Crippen LogP contribution in [0, 0.1) is 12.8 Å². The third kappa shape index (κ3) is 2.23. The Kier molecular flexibility index (Phi) is 3.53. The van der Waals surface area contributed by atoms with Crippen molar-refractivity contribution in [2.24, 2.45) is 5.92 Å². The van der Waals surface area contributed by atoms with Crippen molar-refractivity contribution < 1.29 is 0 Å². The summed E-state index contributed by atoms with van der Waals surface area (Å²) >= 11 is 0. The number of hydrogen-bond acceptors (Lipinski definition) is 2. The van der Waals surface area contributed by atoms with E-state index in [1.807, 2.05) is 6.33 Å². The molecule has 3 rings (SSSR count). The van der Waals surface area contributed by atoms with Crippen LogP contribution in [-0.4, -0.2) is 14.6 Å². The molecule has 3 nitrogen and oxygen atoms in total. The van der Waals surface area contributed by atoms with Crippen LogP contribution in [0.1, 0.15) is 63.6 Å². The van der Waals surface area contributed by atoms with Crippen LogP contribution in [0.4, 0.5) is 0 Å². The zero-order valence-corrected chi connectivity index (χ0v) is 12.9. The van der Waals surface area contributed by atoms with Gasteiger partial charge in [0.1, 0.15) is 6.33 Å². The molecule has 0 spiro atoms. The SMILES string of the molecule is CCC1CCCCC(C)(c2ccc(C)n3cnnc23)C1. The summed E-state index contributed by atoms with van der Waals surface area (Å²) in [5, 5.41) is 8.52. The van der Waals surface area contributed by atoms with Gasteiger partial charge in [-0.2, -0.15) is 0 Å². The van der Waals surface area contributed by atoms with Gasteiger partial charge in [0.25, 0.3) is 0 Å². The summed E-state index contributed by atoms with van der Waals surface area (Å²) in [5.74, 6) is 0.853. The van der Waals surface area contributed by atoms with Crippen LogP contribution in [0.15, 0.2) is 18.5 Å². The lowest BCUT2D eigenvalue weighted by Gasteiger charge is -2.31. The fourth-order valence-electron chi connectivity index (χ4n) is 3.89. The second-order valence-corrected chi connectivity index (χ2v) is 6.70. The van der Waals surface area contributed by atoms with Gasteiger partial charge in [-0.25, -0.2) is 0 Å². The molecular weight excluding hydrogens is 246 g/mol. The van der Waals surface area contributed by atoms with Gasteiger partial charge in [0.05, 0.1) is 0 Å². The summed E-state index contributed by atoms with van der Waals surface area (Å²) in [4.78, 5) is 0. The number of aryl methyl sites for hydroxylation is 1. The highest BCUT2D eigenvalue weighted by atomic mass is 15.2. The Morgan fingerprint density at radius 3 is 3.00 bits per heavy atom. The Hall–Kier alpha value is -1.38. The number of fused-ring (bicyclic) bond motifs is 1. The summed E-state index contributed by atoms with van der Waals surface area (Å²) in [6.45, 7) is 6.88. The summed E-state index contributed by atoms with van der Waals surface area (Å²) < 4.78 is 2.13. The molecule has 1 aliphatic carbocycles. The molecule has 1 saturated carbocycles. The average Bonchev–Trinajstić information content (AvgIpc) is 2.84. The van der Waals surface area contributed by atoms with Gasteiger partial charge in [-0.05, 0) is 37.2 Å². The highest BCUT2D eigenvalue weighted by Gasteiger charge is 2.33. The summed E-state index contributed by atoms with van der Waals surface area (Å²) in [5.41, 5.74) is 3.90. The summed E-state index contributed by atoms with van der Waals surface area (Å²) in [6.07, 6.45) is 9.80. The van der Waals surface area contributed by atoms with Crippen molar-refractivity contribution in [3.05, 3.63) is 29.7 Å². The van der Waals surface area contributed by atoms with Crippen LogP contribution in [-0.2, 0) is 5.41 Å². The molecule has 1 aliphatic rings. The van der Waals surface area contributed by atoms with Crippen molar-refractivity contribution in [1.82, 2.24) is 14.6 Å². The fourth-order valence-corrected chi connectivity index (χ4v) is 3.89. The molecule has 3 heteroatoms. The first kappa shape index (κ1) is 13.6. The van der Waals surface area contributed by atoms with E-state index >= 15 is 0 Å². The van der Waals surface area contributed by atoms with Gasteiger partial charge in [0.2, 0.25) is 0 Å². The zero-order chi connectivity index (χ0) is 14.2. The monoisotopic (exact) mass is 271 g/mol. The van der Waals surface area contributed by atoms with Crippen molar-refractivity contribution >= 4 is 5.65 Å². The summed E-state index contributed by atoms with van der Waals surface area (Å²) in [7, 11) is 0. The lowest BCUT2D eigenvalue weighted by Crippen LogP contribution is -2.25. The predicted octanol–water partition coefficient (Wildman–Crippen LogP) is 4.29. The van der Waals surface area contributed by atoms with E-state index in [9.17, 15) is 0 Å². The third-order valence-electron chi connectivity index (χ3n) is 5.22. The normalized spacial score (nSPS) is 27.6. The van der Waals surface area contributed by atoms with Crippen molar-refractivity contribution in [1.29, 1.82) is 0 Å². The summed E-state index contributed by atoms with van der Waals surface area (Å²) in [6, 6.07) is 4.50. The molecule has 0 N–H and O–H groups in total. The molecule has 2 atom stereocenters. The minimum absolute atomic E-state index is 0.249. The molecule has 0 saturated heterocycles. The van der Waals surface area contributed by atoms with Crippen LogP contribution in [0.5, 0.6) is 0 Å². The minimum atomic E-state index is 0.249. The van der Waals surface area contributed by atoms with Crippen molar-refractivity contribution in [3.63, 3.8) is 0 Å². The first-order valence-electron chi connectivity index (χ1n) is 7.94. The first-order valence-corrected chi connectivity index (χ1v) is 7.94. The predicted molar refractivity (Wildman–Crippen MR) is 81.9 cm³/mol. The van der Waals surface area contributed by atoms with E-state index in [2.05, 4.69) is 47.5 Å². The van der Waals surface area contributed by atoms with Gasteiger partial charge < -0.3 is 0 Å². The van der Waals surface area contributed by atoms with E-state index < -0.39 is 0 Å². The third-order valence-corrected chi connectivity index (χ3v) is 5.22. The molecule has 0 radical (unpaired) electrons. The Balaban J connectivity index is 2.08. The van der Waals surface area contributed by atoms with Gasteiger partial charge in [0.15, 0.2) is 5.65 Å². The van der Waals surface area contributed by atoms with Gasteiger partial charge in [-0.15, -0.1) is 10.2 Å². The second-order valence-electron chi connectivity index (χ2n) is 6.70. The highest BCUT2D eigenvalue weighted by molar-refractivity contribution is 5.52. The molecule has 2 unspecified atom stereocenters.